The summed E-state index contributed by atoms with van der Waals surface area (Å²) in [5.41, 5.74) is 5.87. The molecular formula is C14H24N+. The first-order valence-electron chi connectivity index (χ1n) is 5.85. The first-order chi connectivity index (χ1) is 6.86. The van der Waals surface area contributed by atoms with Crippen LogP contribution in [0.25, 0.3) is 0 Å². The highest BCUT2D eigenvalue weighted by Gasteiger charge is 2.21. The van der Waals surface area contributed by atoms with Crippen molar-refractivity contribution in [2.75, 3.05) is 0 Å². The van der Waals surface area contributed by atoms with Gasteiger partial charge in [-0.1, -0.05) is 27.7 Å². The zero-order valence-electron chi connectivity index (χ0n) is 11.2. The van der Waals surface area contributed by atoms with E-state index in [1.54, 1.807) is 0 Å². The highest BCUT2D eigenvalue weighted by atomic mass is 14.9. The molecule has 0 radical (unpaired) electrons. The monoisotopic (exact) mass is 206 g/mol. The Balaban J connectivity index is 3.49. The van der Waals surface area contributed by atoms with Crippen LogP contribution in [0.3, 0.4) is 0 Å². The molecular weight excluding hydrogens is 182 g/mol. The molecule has 1 rings (SSSR count). The molecule has 0 bridgehead atoms. The van der Waals surface area contributed by atoms with Gasteiger partial charge >= 0.3 is 0 Å². The molecule has 0 aliphatic heterocycles. The van der Waals surface area contributed by atoms with Crippen LogP contribution in [0.5, 0.6) is 0 Å². The van der Waals surface area contributed by atoms with Crippen LogP contribution in [0.4, 0.5) is 0 Å². The van der Waals surface area contributed by atoms with Crippen molar-refractivity contribution in [1.82, 2.24) is 0 Å². The fraction of sp³-hybridized carbons (Fsp3) is 0.643. The summed E-state index contributed by atoms with van der Waals surface area (Å²) in [7, 11) is 2.15. The van der Waals surface area contributed by atoms with Crippen LogP contribution in [0.15, 0.2) is 6.20 Å². The standard InChI is InChI=1S/C14H24N/c1-9(2)13-11(5)8-15(7)14(10(3)4)12(13)6/h8-10H,1-7H3/q+1. The quantitative estimate of drug-likeness (QED) is 0.653. The van der Waals surface area contributed by atoms with E-state index in [1.165, 1.54) is 22.4 Å². The molecule has 84 valence electrons. The molecule has 0 spiro atoms. The van der Waals surface area contributed by atoms with Gasteiger partial charge in [-0.25, -0.2) is 4.57 Å². The average molecular weight is 206 g/mol. The smallest absolute Gasteiger partial charge is 0.186 e. The summed E-state index contributed by atoms with van der Waals surface area (Å²) in [6.45, 7) is 13.6. The molecule has 0 aliphatic carbocycles. The van der Waals surface area contributed by atoms with E-state index in [1.807, 2.05) is 0 Å². The van der Waals surface area contributed by atoms with Crippen LogP contribution < -0.4 is 4.57 Å². The van der Waals surface area contributed by atoms with Crippen molar-refractivity contribution in [2.45, 2.75) is 53.4 Å². The van der Waals surface area contributed by atoms with Gasteiger partial charge in [0.15, 0.2) is 11.9 Å². The lowest BCUT2D eigenvalue weighted by Gasteiger charge is -2.16. The molecule has 0 aliphatic rings. The summed E-state index contributed by atoms with van der Waals surface area (Å²) >= 11 is 0. The van der Waals surface area contributed by atoms with Gasteiger partial charge < -0.3 is 0 Å². The Hall–Kier alpha value is -0.850. The first kappa shape index (κ1) is 12.2. The minimum atomic E-state index is 0.591. The lowest BCUT2D eigenvalue weighted by Crippen LogP contribution is -2.36. The van der Waals surface area contributed by atoms with Gasteiger partial charge in [-0.05, 0) is 25.3 Å². The number of hydrogen-bond donors (Lipinski definition) is 0. The predicted molar refractivity (Wildman–Crippen MR) is 65.3 cm³/mol. The second-order valence-corrected chi connectivity index (χ2v) is 5.16. The van der Waals surface area contributed by atoms with E-state index in [-0.39, 0.29) is 0 Å². The number of rotatable bonds is 2. The van der Waals surface area contributed by atoms with Gasteiger partial charge in [0.1, 0.15) is 7.05 Å². The van der Waals surface area contributed by atoms with Crippen molar-refractivity contribution in [3.8, 4) is 0 Å². The number of aryl methyl sites for hydroxylation is 2. The van der Waals surface area contributed by atoms with E-state index in [9.17, 15) is 0 Å². The Kier molecular flexibility index (Phi) is 3.54. The molecule has 0 amide bonds. The minimum Gasteiger partial charge on any atom is -0.204 e. The van der Waals surface area contributed by atoms with Crippen molar-refractivity contribution in [3.63, 3.8) is 0 Å². The number of hydrogen-bond acceptors (Lipinski definition) is 0. The molecule has 15 heavy (non-hydrogen) atoms. The van der Waals surface area contributed by atoms with E-state index in [0.717, 1.165) is 0 Å². The van der Waals surface area contributed by atoms with Crippen molar-refractivity contribution in [1.29, 1.82) is 0 Å². The Morgan fingerprint density at radius 3 is 1.93 bits per heavy atom. The zero-order valence-corrected chi connectivity index (χ0v) is 11.2. The molecule has 0 saturated carbocycles. The summed E-state index contributed by atoms with van der Waals surface area (Å²) in [4.78, 5) is 0. The SMILES string of the molecule is Cc1c[n+](C)c(C(C)C)c(C)c1C(C)C. The largest absolute Gasteiger partial charge is 0.204 e. The van der Waals surface area contributed by atoms with Gasteiger partial charge in [0.05, 0.1) is 0 Å². The second-order valence-electron chi connectivity index (χ2n) is 5.16. The molecule has 1 nitrogen and oxygen atoms in total. The fourth-order valence-corrected chi connectivity index (χ4v) is 2.86. The van der Waals surface area contributed by atoms with Crippen molar-refractivity contribution >= 4 is 0 Å². The van der Waals surface area contributed by atoms with Crippen LogP contribution in [0, 0.1) is 13.8 Å². The van der Waals surface area contributed by atoms with Crippen LogP contribution in [0.2, 0.25) is 0 Å². The van der Waals surface area contributed by atoms with Gasteiger partial charge in [0.2, 0.25) is 0 Å². The van der Waals surface area contributed by atoms with Crippen LogP contribution in [0.1, 0.15) is 61.9 Å². The molecule has 0 atom stereocenters. The summed E-state index contributed by atoms with van der Waals surface area (Å²) in [5, 5.41) is 0. The molecule has 0 unspecified atom stereocenters. The maximum absolute atomic E-state index is 2.28. The van der Waals surface area contributed by atoms with E-state index in [2.05, 4.69) is 59.4 Å². The summed E-state index contributed by atoms with van der Waals surface area (Å²) in [6, 6.07) is 0. The van der Waals surface area contributed by atoms with Gasteiger partial charge in [-0.2, -0.15) is 0 Å². The Morgan fingerprint density at radius 2 is 1.53 bits per heavy atom. The molecule has 1 aromatic rings. The molecule has 0 fully saturated rings. The summed E-state index contributed by atoms with van der Waals surface area (Å²) < 4.78 is 2.28. The molecule has 0 N–H and O–H groups in total. The molecule has 1 aromatic heterocycles. The maximum atomic E-state index is 2.28. The lowest BCUT2D eigenvalue weighted by atomic mass is 9.90. The number of aromatic nitrogens is 1. The van der Waals surface area contributed by atoms with Gasteiger partial charge in [-0.15, -0.1) is 0 Å². The fourth-order valence-electron chi connectivity index (χ4n) is 2.86. The number of nitrogens with zero attached hydrogens (tertiary/aromatic N) is 1. The van der Waals surface area contributed by atoms with Gasteiger partial charge in [-0.3, -0.25) is 0 Å². The van der Waals surface area contributed by atoms with Crippen molar-refractivity contribution < 1.29 is 4.57 Å². The zero-order chi connectivity index (χ0) is 11.7. The third-order valence-electron chi connectivity index (χ3n) is 3.10. The van der Waals surface area contributed by atoms with Crippen LogP contribution in [-0.4, -0.2) is 0 Å². The Bertz CT molecular complexity index is 330. The third-order valence-corrected chi connectivity index (χ3v) is 3.10. The second kappa shape index (κ2) is 4.34. The van der Waals surface area contributed by atoms with Gasteiger partial charge in [0.25, 0.3) is 0 Å². The Morgan fingerprint density at radius 1 is 1.00 bits per heavy atom. The molecule has 1 heteroatoms. The van der Waals surface area contributed by atoms with Crippen molar-refractivity contribution in [3.05, 3.63) is 28.6 Å². The highest BCUT2D eigenvalue weighted by molar-refractivity contribution is 5.35. The first-order valence-corrected chi connectivity index (χ1v) is 5.85. The van der Waals surface area contributed by atoms with Crippen molar-refractivity contribution in [2.24, 2.45) is 7.05 Å². The summed E-state index contributed by atoms with van der Waals surface area (Å²) in [6.07, 6.45) is 2.26. The number of pyridine rings is 1. The van der Waals surface area contributed by atoms with Gasteiger partial charge in [0, 0.05) is 17.0 Å². The van der Waals surface area contributed by atoms with E-state index in [0.29, 0.717) is 11.8 Å². The topological polar surface area (TPSA) is 3.88 Å². The van der Waals surface area contributed by atoms with E-state index in [4.69, 9.17) is 0 Å². The minimum absolute atomic E-state index is 0.591. The average Bonchev–Trinajstić information content (AvgIpc) is 1.99. The van der Waals surface area contributed by atoms with E-state index < -0.39 is 0 Å². The summed E-state index contributed by atoms with van der Waals surface area (Å²) in [5.74, 6) is 1.21. The predicted octanol–water partition coefficient (Wildman–Crippen LogP) is 3.37. The molecule has 0 saturated heterocycles. The molecule has 0 aromatic carbocycles. The molecule has 1 heterocycles. The van der Waals surface area contributed by atoms with E-state index >= 15 is 0 Å². The van der Waals surface area contributed by atoms with Crippen LogP contribution in [-0.2, 0) is 7.05 Å². The Labute approximate surface area is 94.1 Å². The van der Waals surface area contributed by atoms with Crippen LogP contribution >= 0.6 is 0 Å². The normalized spacial score (nSPS) is 11.5. The lowest BCUT2D eigenvalue weighted by molar-refractivity contribution is -0.681. The third kappa shape index (κ3) is 2.22. The maximum Gasteiger partial charge on any atom is 0.186 e. The highest BCUT2D eigenvalue weighted by Crippen LogP contribution is 2.26.